The molecule has 0 aliphatic rings. The van der Waals surface area contributed by atoms with E-state index in [1.54, 1.807) is 13.0 Å². The van der Waals surface area contributed by atoms with Gasteiger partial charge >= 0.3 is 0 Å². The zero-order valence-corrected chi connectivity index (χ0v) is 7.99. The smallest absolute Gasteiger partial charge is 0.210 e. The van der Waals surface area contributed by atoms with Gasteiger partial charge in [-0.05, 0) is 11.6 Å². The number of halogens is 1. The Bertz CT molecular complexity index is 314. The zero-order valence-electron chi connectivity index (χ0n) is 7.24. The predicted octanol–water partition coefficient (Wildman–Crippen LogP) is 2.72. The van der Waals surface area contributed by atoms with Crippen molar-refractivity contribution in [2.45, 2.75) is 12.8 Å². The van der Waals surface area contributed by atoms with Gasteiger partial charge in [0.25, 0.3) is 0 Å². The molecule has 0 amide bonds. The van der Waals surface area contributed by atoms with Crippen LogP contribution in [0.4, 0.5) is 0 Å². The van der Waals surface area contributed by atoms with Gasteiger partial charge in [0.2, 0.25) is 6.54 Å². The van der Waals surface area contributed by atoms with Crippen molar-refractivity contribution in [1.82, 2.24) is 0 Å². The van der Waals surface area contributed by atoms with E-state index in [2.05, 4.69) is 0 Å². The third-order valence-corrected chi connectivity index (χ3v) is 2.20. The van der Waals surface area contributed by atoms with Gasteiger partial charge in [0.15, 0.2) is 0 Å². The van der Waals surface area contributed by atoms with Gasteiger partial charge in [-0.15, -0.1) is 0 Å². The SMILES string of the molecule is C[C@@H](C[N+](=O)[O-])c1ccccc1Cl. The molecule has 0 radical (unpaired) electrons. The normalized spacial score (nSPS) is 12.5. The van der Waals surface area contributed by atoms with Crippen molar-refractivity contribution in [2.24, 2.45) is 0 Å². The fourth-order valence-corrected chi connectivity index (χ4v) is 1.52. The van der Waals surface area contributed by atoms with Crippen molar-refractivity contribution in [2.75, 3.05) is 6.54 Å². The summed E-state index contributed by atoms with van der Waals surface area (Å²) >= 11 is 5.88. The number of nitro groups is 1. The summed E-state index contributed by atoms with van der Waals surface area (Å²) in [6.45, 7) is 1.72. The van der Waals surface area contributed by atoms with E-state index in [0.717, 1.165) is 5.56 Å². The van der Waals surface area contributed by atoms with Crippen LogP contribution in [0.25, 0.3) is 0 Å². The summed E-state index contributed by atoms with van der Waals surface area (Å²) in [4.78, 5) is 9.93. The highest BCUT2D eigenvalue weighted by Crippen LogP contribution is 2.23. The molecular weight excluding hydrogens is 190 g/mol. The Morgan fingerprint density at radius 1 is 1.54 bits per heavy atom. The molecule has 0 heterocycles. The third-order valence-electron chi connectivity index (χ3n) is 1.86. The number of rotatable bonds is 3. The van der Waals surface area contributed by atoms with Crippen molar-refractivity contribution in [3.05, 3.63) is 45.0 Å². The maximum Gasteiger partial charge on any atom is 0.210 e. The minimum atomic E-state index is -0.325. The summed E-state index contributed by atoms with van der Waals surface area (Å²) in [6, 6.07) is 7.20. The Kier molecular flexibility index (Phi) is 3.25. The molecule has 0 bridgehead atoms. The van der Waals surface area contributed by atoms with Crippen LogP contribution in [0.2, 0.25) is 5.02 Å². The van der Waals surface area contributed by atoms with Gasteiger partial charge in [-0.3, -0.25) is 10.1 Å². The Balaban J connectivity index is 2.82. The summed E-state index contributed by atoms with van der Waals surface area (Å²) in [5, 5.41) is 10.9. The van der Waals surface area contributed by atoms with Crippen LogP contribution in [-0.2, 0) is 0 Å². The molecule has 1 aromatic carbocycles. The first-order valence-electron chi connectivity index (χ1n) is 3.97. The van der Waals surface area contributed by atoms with Crippen LogP contribution in [0, 0.1) is 10.1 Å². The van der Waals surface area contributed by atoms with Crippen LogP contribution < -0.4 is 0 Å². The molecule has 0 fully saturated rings. The molecule has 1 rings (SSSR count). The molecule has 0 aliphatic carbocycles. The number of nitrogens with zero attached hydrogens (tertiary/aromatic N) is 1. The van der Waals surface area contributed by atoms with Crippen molar-refractivity contribution < 1.29 is 4.92 Å². The number of benzene rings is 1. The molecule has 0 saturated carbocycles. The molecule has 3 nitrogen and oxygen atoms in total. The Hall–Kier alpha value is -1.09. The van der Waals surface area contributed by atoms with E-state index in [-0.39, 0.29) is 17.4 Å². The van der Waals surface area contributed by atoms with E-state index in [1.807, 2.05) is 18.2 Å². The first kappa shape index (κ1) is 9.99. The monoisotopic (exact) mass is 199 g/mol. The quantitative estimate of drug-likeness (QED) is 0.555. The summed E-state index contributed by atoms with van der Waals surface area (Å²) in [7, 11) is 0. The van der Waals surface area contributed by atoms with E-state index in [9.17, 15) is 10.1 Å². The van der Waals surface area contributed by atoms with Gasteiger partial charge in [0, 0.05) is 15.9 Å². The molecule has 1 atom stereocenters. The van der Waals surface area contributed by atoms with Gasteiger partial charge in [-0.2, -0.15) is 0 Å². The first-order valence-corrected chi connectivity index (χ1v) is 4.35. The Morgan fingerprint density at radius 3 is 2.69 bits per heavy atom. The lowest BCUT2D eigenvalue weighted by molar-refractivity contribution is -0.482. The molecule has 0 N–H and O–H groups in total. The second-order valence-electron chi connectivity index (χ2n) is 2.94. The molecule has 0 aliphatic heterocycles. The first-order chi connectivity index (χ1) is 6.11. The lowest BCUT2D eigenvalue weighted by Crippen LogP contribution is -2.09. The van der Waals surface area contributed by atoms with Crippen molar-refractivity contribution >= 4 is 11.6 Å². The zero-order chi connectivity index (χ0) is 9.84. The van der Waals surface area contributed by atoms with Crippen LogP contribution in [0.3, 0.4) is 0 Å². The molecule has 0 unspecified atom stereocenters. The summed E-state index contributed by atoms with van der Waals surface area (Å²) in [6.07, 6.45) is 0. The maximum absolute atomic E-state index is 10.3. The summed E-state index contributed by atoms with van der Waals surface area (Å²) < 4.78 is 0. The lowest BCUT2D eigenvalue weighted by atomic mass is 10.0. The van der Waals surface area contributed by atoms with Crippen molar-refractivity contribution in [3.63, 3.8) is 0 Å². The number of hydrogen-bond donors (Lipinski definition) is 0. The standard InChI is InChI=1S/C9H10ClNO2/c1-7(6-11(12)13)8-4-2-3-5-9(8)10/h2-5,7H,6H2,1H3/t7-/m0/s1. The van der Waals surface area contributed by atoms with Gasteiger partial charge in [0.1, 0.15) is 0 Å². The van der Waals surface area contributed by atoms with E-state index in [1.165, 1.54) is 0 Å². The lowest BCUT2D eigenvalue weighted by Gasteiger charge is -2.08. The molecule has 13 heavy (non-hydrogen) atoms. The van der Waals surface area contributed by atoms with Crippen LogP contribution >= 0.6 is 11.6 Å². The summed E-state index contributed by atoms with van der Waals surface area (Å²) in [5.41, 5.74) is 0.834. The van der Waals surface area contributed by atoms with Crippen LogP contribution in [-0.4, -0.2) is 11.5 Å². The van der Waals surface area contributed by atoms with Crippen LogP contribution in [0.15, 0.2) is 24.3 Å². The van der Waals surface area contributed by atoms with Crippen LogP contribution in [0.5, 0.6) is 0 Å². The van der Waals surface area contributed by atoms with E-state index < -0.39 is 0 Å². The Morgan fingerprint density at radius 2 is 2.15 bits per heavy atom. The van der Waals surface area contributed by atoms with Gasteiger partial charge < -0.3 is 0 Å². The highest BCUT2D eigenvalue weighted by Gasteiger charge is 2.14. The molecule has 70 valence electrons. The maximum atomic E-state index is 10.3. The molecule has 0 spiro atoms. The predicted molar refractivity (Wildman–Crippen MR) is 51.7 cm³/mol. The van der Waals surface area contributed by atoms with Crippen molar-refractivity contribution in [1.29, 1.82) is 0 Å². The second kappa shape index (κ2) is 4.23. The van der Waals surface area contributed by atoms with Crippen molar-refractivity contribution in [3.8, 4) is 0 Å². The van der Waals surface area contributed by atoms with Crippen LogP contribution in [0.1, 0.15) is 18.4 Å². The van der Waals surface area contributed by atoms with Gasteiger partial charge in [0.05, 0.1) is 0 Å². The third kappa shape index (κ3) is 2.70. The molecule has 4 heteroatoms. The van der Waals surface area contributed by atoms with E-state index >= 15 is 0 Å². The molecular formula is C9H10ClNO2. The average molecular weight is 200 g/mol. The van der Waals surface area contributed by atoms with Gasteiger partial charge in [-0.1, -0.05) is 36.7 Å². The minimum Gasteiger partial charge on any atom is -0.265 e. The fourth-order valence-electron chi connectivity index (χ4n) is 1.20. The highest BCUT2D eigenvalue weighted by atomic mass is 35.5. The molecule has 1 aromatic rings. The highest BCUT2D eigenvalue weighted by molar-refractivity contribution is 6.31. The Labute approximate surface area is 81.5 Å². The van der Waals surface area contributed by atoms with E-state index in [4.69, 9.17) is 11.6 Å². The average Bonchev–Trinajstić information content (AvgIpc) is 2.03. The van der Waals surface area contributed by atoms with Gasteiger partial charge in [-0.25, -0.2) is 0 Å². The minimum absolute atomic E-state index is 0.0796. The molecule has 0 saturated heterocycles. The summed E-state index contributed by atoms with van der Waals surface area (Å²) in [5.74, 6) is -0.135. The second-order valence-corrected chi connectivity index (χ2v) is 3.35. The topological polar surface area (TPSA) is 43.1 Å². The largest absolute Gasteiger partial charge is 0.265 e. The fraction of sp³-hybridized carbons (Fsp3) is 0.333. The van der Waals surface area contributed by atoms with E-state index in [0.29, 0.717) is 5.02 Å². The molecule has 0 aromatic heterocycles. The number of hydrogen-bond acceptors (Lipinski definition) is 2.